The number of carbonyl (C=O) groups excluding carboxylic acids is 2. The summed E-state index contributed by atoms with van der Waals surface area (Å²) in [7, 11) is 0. The molecule has 2 aromatic rings. The molecule has 3 N–H and O–H groups in total. The zero-order valence-electron chi connectivity index (χ0n) is 15.0. The third-order valence-corrected chi connectivity index (χ3v) is 4.60. The summed E-state index contributed by atoms with van der Waals surface area (Å²) in [5.74, 6) is 6.50. The Hall–Kier alpha value is -2.35. The summed E-state index contributed by atoms with van der Waals surface area (Å²) in [5.41, 5.74) is 1.00. The minimum atomic E-state index is -0.410. The first-order chi connectivity index (χ1) is 11.6. The number of hydrogen-bond donors (Lipinski definition) is 2. The van der Waals surface area contributed by atoms with E-state index in [2.05, 4.69) is 15.5 Å². The second-order valence-electron chi connectivity index (χ2n) is 6.81. The Morgan fingerprint density at radius 2 is 1.80 bits per heavy atom. The molecule has 7 nitrogen and oxygen atoms in total. The highest BCUT2D eigenvalue weighted by Gasteiger charge is 2.25. The first-order valence-corrected chi connectivity index (χ1v) is 8.77. The van der Waals surface area contributed by atoms with Crippen molar-refractivity contribution in [3.8, 4) is 0 Å². The predicted molar refractivity (Wildman–Crippen MR) is 99.3 cm³/mol. The predicted octanol–water partition coefficient (Wildman–Crippen LogP) is 2.61. The van der Waals surface area contributed by atoms with Crippen LogP contribution in [0.3, 0.4) is 0 Å². The number of nitrogens with zero attached hydrogens (tertiary/aromatic N) is 3. The summed E-state index contributed by atoms with van der Waals surface area (Å²) in [6.45, 7) is 9.26. The van der Waals surface area contributed by atoms with Gasteiger partial charge in [0, 0.05) is 16.7 Å². The fourth-order valence-electron chi connectivity index (χ4n) is 2.11. The highest BCUT2D eigenvalue weighted by Crippen LogP contribution is 2.26. The highest BCUT2D eigenvalue weighted by molar-refractivity contribution is 8.00. The summed E-state index contributed by atoms with van der Waals surface area (Å²) in [5, 5.41) is 11.1. The van der Waals surface area contributed by atoms with Gasteiger partial charge >= 0.3 is 0 Å². The molecule has 0 aliphatic rings. The lowest BCUT2D eigenvalue weighted by Gasteiger charge is -2.17. The number of nitrogens with two attached hydrogens (primary N) is 1. The van der Waals surface area contributed by atoms with Gasteiger partial charge in [-0.1, -0.05) is 32.5 Å². The third-order valence-electron chi connectivity index (χ3n) is 3.55. The molecule has 0 bridgehead atoms. The highest BCUT2D eigenvalue weighted by atomic mass is 32.2. The zero-order chi connectivity index (χ0) is 18.8. The van der Waals surface area contributed by atoms with E-state index < -0.39 is 5.25 Å². The van der Waals surface area contributed by atoms with Gasteiger partial charge in [-0.25, -0.2) is 4.68 Å². The Morgan fingerprint density at radius 3 is 2.28 bits per heavy atom. The van der Waals surface area contributed by atoms with E-state index in [1.54, 1.807) is 31.2 Å². The van der Waals surface area contributed by atoms with E-state index in [1.807, 2.05) is 20.8 Å². The molecule has 0 aliphatic heterocycles. The van der Waals surface area contributed by atoms with Crippen molar-refractivity contribution in [3.05, 3.63) is 35.7 Å². The van der Waals surface area contributed by atoms with Crippen molar-refractivity contribution < 1.29 is 9.59 Å². The number of rotatable bonds is 5. The van der Waals surface area contributed by atoms with E-state index in [4.69, 9.17) is 5.84 Å². The second-order valence-corrected chi connectivity index (χ2v) is 8.12. The Bertz CT molecular complexity index is 777. The molecule has 1 aromatic heterocycles. The van der Waals surface area contributed by atoms with Crippen LogP contribution in [-0.4, -0.2) is 31.8 Å². The van der Waals surface area contributed by atoms with Crippen molar-refractivity contribution in [3.63, 3.8) is 0 Å². The van der Waals surface area contributed by atoms with Crippen LogP contribution in [0.25, 0.3) is 0 Å². The number of nitrogen functional groups attached to an aromatic ring is 1. The first-order valence-electron chi connectivity index (χ1n) is 7.89. The van der Waals surface area contributed by atoms with Crippen LogP contribution in [0.15, 0.2) is 29.4 Å². The van der Waals surface area contributed by atoms with Gasteiger partial charge in [0.2, 0.25) is 11.1 Å². The molecule has 0 saturated heterocycles. The Morgan fingerprint density at radius 1 is 1.20 bits per heavy atom. The quantitative estimate of drug-likeness (QED) is 0.482. The van der Waals surface area contributed by atoms with Crippen molar-refractivity contribution in [1.29, 1.82) is 0 Å². The van der Waals surface area contributed by atoms with Crippen LogP contribution in [0.2, 0.25) is 0 Å². The molecule has 0 spiro atoms. The summed E-state index contributed by atoms with van der Waals surface area (Å²) < 4.78 is 1.43. The van der Waals surface area contributed by atoms with Crippen molar-refractivity contribution >= 4 is 29.1 Å². The zero-order valence-corrected chi connectivity index (χ0v) is 15.8. The fourth-order valence-corrected chi connectivity index (χ4v) is 2.88. The molecule has 0 fully saturated rings. The van der Waals surface area contributed by atoms with Gasteiger partial charge in [0.05, 0.1) is 5.25 Å². The maximum absolute atomic E-state index is 12.4. The van der Waals surface area contributed by atoms with Crippen molar-refractivity contribution in [2.45, 2.75) is 50.4 Å². The van der Waals surface area contributed by atoms with Gasteiger partial charge in [0.25, 0.3) is 0 Å². The standard InChI is InChI=1S/C17H23N5O2S/c1-10(23)12-6-8-13(9-7-12)19-14(24)11(2)25-16-21-20-15(22(16)18)17(3,4)5/h6-9,11H,18H2,1-5H3,(H,19,24)/t11-/m0/s1. The molecule has 0 unspecified atom stereocenters. The lowest BCUT2D eigenvalue weighted by atomic mass is 9.96. The van der Waals surface area contributed by atoms with Gasteiger partial charge < -0.3 is 11.2 Å². The van der Waals surface area contributed by atoms with Crippen molar-refractivity contribution in [2.24, 2.45) is 0 Å². The normalized spacial score (nSPS) is 12.7. The van der Waals surface area contributed by atoms with E-state index in [0.717, 1.165) is 0 Å². The molecule has 2 rings (SSSR count). The van der Waals surface area contributed by atoms with E-state index in [0.29, 0.717) is 22.2 Å². The second kappa shape index (κ2) is 7.26. The molecule has 25 heavy (non-hydrogen) atoms. The fraction of sp³-hybridized carbons (Fsp3) is 0.412. The van der Waals surface area contributed by atoms with Crippen LogP contribution < -0.4 is 11.2 Å². The van der Waals surface area contributed by atoms with Crippen LogP contribution in [0, 0.1) is 0 Å². The molecule has 1 atom stereocenters. The van der Waals surface area contributed by atoms with E-state index in [9.17, 15) is 9.59 Å². The molecule has 0 saturated carbocycles. The Balaban J connectivity index is 2.03. The molecular weight excluding hydrogens is 338 g/mol. The molecular formula is C17H23N5O2S. The number of Topliss-reactive ketones (excluding diaryl/α,β-unsaturated/α-hetero) is 1. The van der Waals surface area contributed by atoms with Gasteiger partial charge in [0.1, 0.15) is 0 Å². The lowest BCUT2D eigenvalue weighted by Crippen LogP contribution is -2.26. The summed E-state index contributed by atoms with van der Waals surface area (Å²) in [4.78, 5) is 23.6. The van der Waals surface area contributed by atoms with Crippen LogP contribution in [0.4, 0.5) is 5.69 Å². The maximum Gasteiger partial charge on any atom is 0.237 e. The average Bonchev–Trinajstić information content (AvgIpc) is 2.88. The summed E-state index contributed by atoms with van der Waals surface area (Å²) in [6, 6.07) is 6.77. The molecule has 1 heterocycles. The minimum Gasteiger partial charge on any atom is -0.336 e. The van der Waals surface area contributed by atoms with Gasteiger partial charge in [-0.3, -0.25) is 9.59 Å². The number of ketones is 1. The number of anilines is 1. The molecule has 0 radical (unpaired) electrons. The minimum absolute atomic E-state index is 0.0151. The number of amides is 1. The first kappa shape index (κ1) is 19.0. The van der Waals surface area contributed by atoms with Crippen LogP contribution in [0.5, 0.6) is 0 Å². The van der Waals surface area contributed by atoms with E-state index in [1.165, 1.54) is 23.4 Å². The van der Waals surface area contributed by atoms with Crippen molar-refractivity contribution in [2.75, 3.05) is 11.2 Å². The number of nitrogens with one attached hydrogen (secondary N) is 1. The van der Waals surface area contributed by atoms with Crippen LogP contribution in [-0.2, 0) is 10.2 Å². The number of aromatic nitrogens is 3. The molecule has 1 aromatic carbocycles. The molecule has 8 heteroatoms. The van der Waals surface area contributed by atoms with Crippen molar-refractivity contribution in [1.82, 2.24) is 14.9 Å². The van der Waals surface area contributed by atoms with Crippen LogP contribution in [0.1, 0.15) is 50.8 Å². The van der Waals surface area contributed by atoms with Gasteiger partial charge in [-0.15, -0.1) is 10.2 Å². The maximum atomic E-state index is 12.4. The largest absolute Gasteiger partial charge is 0.336 e. The smallest absolute Gasteiger partial charge is 0.237 e. The van der Waals surface area contributed by atoms with Gasteiger partial charge in [-0.2, -0.15) is 0 Å². The third kappa shape index (κ3) is 4.60. The topological polar surface area (TPSA) is 103 Å². The number of carbonyl (C=O) groups is 2. The molecule has 0 aliphatic carbocycles. The number of thioether (sulfide) groups is 1. The molecule has 1 amide bonds. The summed E-state index contributed by atoms with van der Waals surface area (Å²) >= 11 is 1.24. The monoisotopic (exact) mass is 361 g/mol. The average molecular weight is 361 g/mol. The number of hydrogen-bond acceptors (Lipinski definition) is 6. The van der Waals surface area contributed by atoms with Gasteiger partial charge in [0.15, 0.2) is 11.6 Å². The number of benzene rings is 1. The lowest BCUT2D eigenvalue weighted by molar-refractivity contribution is -0.115. The van der Waals surface area contributed by atoms with E-state index >= 15 is 0 Å². The molecule has 134 valence electrons. The Kier molecular flexibility index (Phi) is 5.52. The SMILES string of the molecule is CC(=O)c1ccc(NC(=O)[C@H](C)Sc2nnc(C(C)(C)C)n2N)cc1. The summed E-state index contributed by atoms with van der Waals surface area (Å²) in [6.07, 6.45) is 0. The van der Waals surface area contributed by atoms with Crippen LogP contribution >= 0.6 is 11.8 Å². The Labute approximate surface area is 151 Å². The van der Waals surface area contributed by atoms with E-state index in [-0.39, 0.29) is 17.1 Å². The van der Waals surface area contributed by atoms with Gasteiger partial charge in [-0.05, 0) is 38.1 Å².